The Kier molecular flexibility index (Phi) is 5.97. The molecule has 0 unspecified atom stereocenters. The fourth-order valence-electron chi connectivity index (χ4n) is 4.41. The quantitative estimate of drug-likeness (QED) is 0.730. The molecule has 0 heterocycles. The van der Waals surface area contributed by atoms with Gasteiger partial charge < -0.3 is 14.8 Å². The standard InChI is InChI=1S/C20H25F2NO4/c1-11(17-10-13-3-4-15(17)9-13)23-18(24)12(2)26-19(25)14-5-7-16(8-6-14)27-20(21)22/h5-8,11-13,15,17,20H,3-4,9-10H2,1-2H3,(H,23,24)/t11-,12-,13+,15+,17-/m0/s1. The lowest BCUT2D eigenvalue weighted by Crippen LogP contribution is -2.45. The first-order valence-electron chi connectivity index (χ1n) is 9.39. The van der Waals surface area contributed by atoms with E-state index in [0.29, 0.717) is 11.8 Å². The van der Waals surface area contributed by atoms with Crippen molar-refractivity contribution < 1.29 is 27.8 Å². The third-order valence-corrected chi connectivity index (χ3v) is 5.77. The summed E-state index contributed by atoms with van der Waals surface area (Å²) in [6.07, 6.45) is 4.03. The van der Waals surface area contributed by atoms with Crippen molar-refractivity contribution in [3.63, 3.8) is 0 Å². The lowest BCUT2D eigenvalue weighted by molar-refractivity contribution is -0.130. The van der Waals surface area contributed by atoms with Crippen LogP contribution in [0.25, 0.3) is 0 Å². The second kappa shape index (κ2) is 8.23. The van der Waals surface area contributed by atoms with E-state index in [1.807, 2.05) is 6.92 Å². The zero-order valence-electron chi connectivity index (χ0n) is 15.5. The molecule has 1 N–H and O–H groups in total. The second-order valence-electron chi connectivity index (χ2n) is 7.59. The summed E-state index contributed by atoms with van der Waals surface area (Å²) in [4.78, 5) is 24.5. The molecule has 5 nitrogen and oxygen atoms in total. The van der Waals surface area contributed by atoms with E-state index in [1.165, 1.54) is 50.5 Å². The Balaban J connectivity index is 1.49. The summed E-state index contributed by atoms with van der Waals surface area (Å²) in [5.74, 6) is 0.930. The topological polar surface area (TPSA) is 64.6 Å². The first-order valence-corrected chi connectivity index (χ1v) is 9.39. The van der Waals surface area contributed by atoms with Crippen molar-refractivity contribution in [3.8, 4) is 5.75 Å². The number of rotatable bonds is 7. The van der Waals surface area contributed by atoms with Gasteiger partial charge in [-0.25, -0.2) is 4.79 Å². The molecule has 2 bridgehead atoms. The fourth-order valence-corrected chi connectivity index (χ4v) is 4.41. The molecule has 1 aromatic carbocycles. The first kappa shape index (κ1) is 19.6. The Morgan fingerprint density at radius 3 is 2.37 bits per heavy atom. The molecule has 1 amide bonds. The number of carbonyl (C=O) groups excluding carboxylic acids is 2. The molecule has 2 fully saturated rings. The van der Waals surface area contributed by atoms with Gasteiger partial charge in [0.1, 0.15) is 5.75 Å². The van der Waals surface area contributed by atoms with E-state index < -0.39 is 18.7 Å². The van der Waals surface area contributed by atoms with Crippen molar-refractivity contribution in [1.29, 1.82) is 0 Å². The lowest BCUT2D eigenvalue weighted by Gasteiger charge is -2.29. The number of nitrogens with one attached hydrogen (secondary N) is 1. The minimum absolute atomic E-state index is 0.0490. The third-order valence-electron chi connectivity index (χ3n) is 5.77. The van der Waals surface area contributed by atoms with Crippen LogP contribution in [0.4, 0.5) is 8.78 Å². The normalized spacial score (nSPS) is 25.9. The molecule has 2 saturated carbocycles. The molecule has 0 spiro atoms. The molecule has 7 heteroatoms. The molecule has 2 aliphatic carbocycles. The monoisotopic (exact) mass is 381 g/mol. The number of ether oxygens (including phenoxy) is 2. The molecular formula is C20H25F2NO4. The number of fused-ring (bicyclic) bond motifs is 2. The molecular weight excluding hydrogens is 356 g/mol. The molecule has 5 atom stereocenters. The number of amides is 1. The predicted molar refractivity (Wildman–Crippen MR) is 94.5 cm³/mol. The largest absolute Gasteiger partial charge is 0.449 e. The number of benzene rings is 1. The van der Waals surface area contributed by atoms with Gasteiger partial charge in [0.2, 0.25) is 0 Å². The van der Waals surface area contributed by atoms with Gasteiger partial charge in [0.15, 0.2) is 6.10 Å². The Hall–Kier alpha value is -2.18. The number of hydrogen-bond acceptors (Lipinski definition) is 4. The van der Waals surface area contributed by atoms with Crippen LogP contribution < -0.4 is 10.1 Å². The highest BCUT2D eigenvalue weighted by molar-refractivity contribution is 5.92. The smallest absolute Gasteiger partial charge is 0.387 e. The van der Waals surface area contributed by atoms with E-state index in [2.05, 4.69) is 10.1 Å². The minimum atomic E-state index is -2.93. The summed E-state index contributed by atoms with van der Waals surface area (Å²) in [5.41, 5.74) is 0.164. The Bertz CT molecular complexity index is 679. The van der Waals surface area contributed by atoms with Gasteiger partial charge >= 0.3 is 12.6 Å². The summed E-state index contributed by atoms with van der Waals surface area (Å²) >= 11 is 0. The molecule has 3 rings (SSSR count). The van der Waals surface area contributed by atoms with Gasteiger partial charge in [-0.3, -0.25) is 4.79 Å². The summed E-state index contributed by atoms with van der Waals surface area (Å²) in [7, 11) is 0. The van der Waals surface area contributed by atoms with E-state index in [-0.39, 0.29) is 23.3 Å². The van der Waals surface area contributed by atoms with E-state index in [9.17, 15) is 18.4 Å². The zero-order chi connectivity index (χ0) is 19.6. The van der Waals surface area contributed by atoms with E-state index >= 15 is 0 Å². The van der Waals surface area contributed by atoms with Gasteiger partial charge in [0, 0.05) is 6.04 Å². The van der Waals surface area contributed by atoms with Crippen LogP contribution in [0, 0.1) is 17.8 Å². The minimum Gasteiger partial charge on any atom is -0.449 e. The number of alkyl halides is 2. The van der Waals surface area contributed by atoms with Gasteiger partial charge in [0.05, 0.1) is 5.56 Å². The Morgan fingerprint density at radius 2 is 1.81 bits per heavy atom. The average Bonchev–Trinajstić information content (AvgIpc) is 3.25. The zero-order valence-corrected chi connectivity index (χ0v) is 15.5. The Morgan fingerprint density at radius 1 is 1.11 bits per heavy atom. The molecule has 0 aromatic heterocycles. The highest BCUT2D eigenvalue weighted by atomic mass is 19.3. The van der Waals surface area contributed by atoms with Crippen LogP contribution in [0.15, 0.2) is 24.3 Å². The van der Waals surface area contributed by atoms with Gasteiger partial charge in [0.25, 0.3) is 5.91 Å². The molecule has 1 aromatic rings. The summed E-state index contributed by atoms with van der Waals surface area (Å²) in [6, 6.07) is 5.21. The molecule has 0 saturated heterocycles. The SMILES string of the molecule is C[C@H](OC(=O)c1ccc(OC(F)F)cc1)C(=O)N[C@@H](C)[C@@H]1C[C@@H]2CC[C@@H]1C2. The van der Waals surface area contributed by atoms with Crippen molar-refractivity contribution in [2.45, 2.75) is 58.3 Å². The van der Waals surface area contributed by atoms with Crippen molar-refractivity contribution in [2.75, 3.05) is 0 Å². The highest BCUT2D eigenvalue weighted by Gasteiger charge is 2.42. The van der Waals surface area contributed by atoms with Crippen LogP contribution in [0.3, 0.4) is 0 Å². The number of halogens is 2. The van der Waals surface area contributed by atoms with Crippen molar-refractivity contribution in [3.05, 3.63) is 29.8 Å². The predicted octanol–water partition coefficient (Wildman–Crippen LogP) is 3.77. The third kappa shape index (κ3) is 4.76. The van der Waals surface area contributed by atoms with Gasteiger partial charge in [-0.2, -0.15) is 8.78 Å². The summed E-state index contributed by atoms with van der Waals surface area (Å²) in [6.45, 7) is 0.609. The molecule has 2 aliphatic rings. The second-order valence-corrected chi connectivity index (χ2v) is 7.59. The Labute approximate surface area is 157 Å². The van der Waals surface area contributed by atoms with Crippen LogP contribution in [0.5, 0.6) is 5.75 Å². The molecule has 0 aliphatic heterocycles. The average molecular weight is 381 g/mol. The maximum Gasteiger partial charge on any atom is 0.387 e. The summed E-state index contributed by atoms with van der Waals surface area (Å²) in [5, 5.41) is 2.97. The van der Waals surface area contributed by atoms with Gasteiger partial charge in [-0.1, -0.05) is 6.42 Å². The van der Waals surface area contributed by atoms with E-state index in [4.69, 9.17) is 4.74 Å². The van der Waals surface area contributed by atoms with Gasteiger partial charge in [-0.15, -0.1) is 0 Å². The number of carbonyl (C=O) groups is 2. The van der Waals surface area contributed by atoms with Crippen molar-refractivity contribution in [1.82, 2.24) is 5.32 Å². The lowest BCUT2D eigenvalue weighted by atomic mass is 9.84. The maximum atomic E-state index is 12.4. The highest BCUT2D eigenvalue weighted by Crippen LogP contribution is 2.49. The summed E-state index contributed by atoms with van der Waals surface area (Å²) < 4.78 is 33.7. The fraction of sp³-hybridized carbons (Fsp3) is 0.600. The van der Waals surface area contributed by atoms with Crippen molar-refractivity contribution in [2.24, 2.45) is 17.8 Å². The van der Waals surface area contributed by atoms with Gasteiger partial charge in [-0.05, 0) is 75.1 Å². The van der Waals surface area contributed by atoms with Crippen LogP contribution in [0.1, 0.15) is 49.9 Å². The van der Waals surface area contributed by atoms with Crippen LogP contribution >= 0.6 is 0 Å². The van der Waals surface area contributed by atoms with Crippen LogP contribution in [0.2, 0.25) is 0 Å². The first-order chi connectivity index (χ1) is 12.8. The van der Waals surface area contributed by atoms with Crippen LogP contribution in [-0.4, -0.2) is 30.6 Å². The van der Waals surface area contributed by atoms with Crippen molar-refractivity contribution >= 4 is 11.9 Å². The molecule has 0 radical (unpaired) electrons. The molecule has 148 valence electrons. The number of esters is 1. The maximum absolute atomic E-state index is 12.4. The van der Waals surface area contributed by atoms with E-state index in [1.54, 1.807) is 0 Å². The van der Waals surface area contributed by atoms with E-state index in [0.717, 1.165) is 12.3 Å². The molecule has 27 heavy (non-hydrogen) atoms. The number of hydrogen-bond donors (Lipinski definition) is 1. The van der Waals surface area contributed by atoms with Crippen LogP contribution in [-0.2, 0) is 9.53 Å².